The maximum Gasteiger partial charge on any atom is 0.180 e. The van der Waals surface area contributed by atoms with Crippen LogP contribution in [0.4, 0.5) is 5.13 Å². The van der Waals surface area contributed by atoms with Gasteiger partial charge in [-0.3, -0.25) is 0 Å². The van der Waals surface area contributed by atoms with E-state index in [1.165, 1.54) is 30.2 Å². The van der Waals surface area contributed by atoms with Gasteiger partial charge in [-0.25, -0.2) is 4.98 Å². The Morgan fingerprint density at radius 2 is 2.38 bits per heavy atom. The van der Waals surface area contributed by atoms with Crippen molar-refractivity contribution in [1.82, 2.24) is 9.88 Å². The Kier molecular flexibility index (Phi) is 3.77. The number of rotatable bonds is 3. The standard InChI is InChI=1S/C11H19N3S2/c1-11(2)8-14(5-6-16-11)4-3-9-7-15-10(12)13-9/h7H,3-6,8H2,1-2H3,(H2,12,13). The van der Waals surface area contributed by atoms with Gasteiger partial charge in [0.25, 0.3) is 0 Å². The highest BCUT2D eigenvalue weighted by Gasteiger charge is 2.26. The molecular formula is C11H19N3S2. The van der Waals surface area contributed by atoms with Gasteiger partial charge in [0.1, 0.15) is 0 Å². The number of nitrogens with two attached hydrogens (primary N) is 1. The van der Waals surface area contributed by atoms with Gasteiger partial charge in [0, 0.05) is 41.9 Å². The first-order chi connectivity index (χ1) is 7.55. The lowest BCUT2D eigenvalue weighted by atomic mass is 10.1. The van der Waals surface area contributed by atoms with Crippen LogP contribution in [0.5, 0.6) is 0 Å². The molecule has 3 nitrogen and oxygen atoms in total. The fraction of sp³-hybridized carbons (Fsp3) is 0.727. The van der Waals surface area contributed by atoms with Crippen molar-refractivity contribution < 1.29 is 0 Å². The maximum absolute atomic E-state index is 5.62. The molecule has 2 N–H and O–H groups in total. The van der Waals surface area contributed by atoms with E-state index in [-0.39, 0.29) is 0 Å². The summed E-state index contributed by atoms with van der Waals surface area (Å²) >= 11 is 3.61. The average Bonchev–Trinajstić information content (AvgIpc) is 2.60. The fourth-order valence-corrected chi connectivity index (χ4v) is 3.79. The summed E-state index contributed by atoms with van der Waals surface area (Å²) in [5, 5.41) is 2.75. The van der Waals surface area contributed by atoms with Crippen molar-refractivity contribution >= 4 is 28.2 Å². The highest BCUT2D eigenvalue weighted by molar-refractivity contribution is 8.00. The van der Waals surface area contributed by atoms with E-state index in [9.17, 15) is 0 Å². The molecule has 1 saturated heterocycles. The highest BCUT2D eigenvalue weighted by Crippen LogP contribution is 2.29. The lowest BCUT2D eigenvalue weighted by Gasteiger charge is -2.37. The van der Waals surface area contributed by atoms with E-state index in [2.05, 4.69) is 40.9 Å². The van der Waals surface area contributed by atoms with E-state index in [4.69, 9.17) is 5.73 Å². The summed E-state index contributed by atoms with van der Waals surface area (Å²) in [6.07, 6.45) is 1.02. The molecule has 90 valence electrons. The van der Waals surface area contributed by atoms with Crippen molar-refractivity contribution in [2.45, 2.75) is 25.0 Å². The Labute approximate surface area is 105 Å². The van der Waals surface area contributed by atoms with Crippen LogP contribution >= 0.6 is 23.1 Å². The summed E-state index contributed by atoms with van der Waals surface area (Å²) in [5.74, 6) is 1.24. The molecule has 2 rings (SSSR count). The van der Waals surface area contributed by atoms with Crippen LogP contribution in [0.15, 0.2) is 5.38 Å². The van der Waals surface area contributed by atoms with E-state index in [1.54, 1.807) is 0 Å². The minimum Gasteiger partial charge on any atom is -0.375 e. The third-order valence-electron chi connectivity index (χ3n) is 2.76. The number of nitrogens with zero attached hydrogens (tertiary/aromatic N) is 2. The largest absolute Gasteiger partial charge is 0.375 e. The second-order valence-electron chi connectivity index (χ2n) is 4.81. The van der Waals surface area contributed by atoms with Gasteiger partial charge < -0.3 is 10.6 Å². The third-order valence-corrected chi connectivity index (χ3v) is 4.78. The third kappa shape index (κ3) is 3.37. The Bertz CT molecular complexity index is 349. The van der Waals surface area contributed by atoms with Gasteiger partial charge in [0.05, 0.1) is 5.69 Å². The van der Waals surface area contributed by atoms with E-state index in [1.807, 2.05) is 0 Å². The van der Waals surface area contributed by atoms with Gasteiger partial charge in [-0.05, 0) is 13.8 Å². The Balaban J connectivity index is 1.82. The van der Waals surface area contributed by atoms with Crippen LogP contribution in [-0.2, 0) is 6.42 Å². The molecule has 1 fully saturated rings. The lowest BCUT2D eigenvalue weighted by Crippen LogP contribution is -2.43. The zero-order valence-corrected chi connectivity index (χ0v) is 11.5. The predicted molar refractivity (Wildman–Crippen MR) is 73.2 cm³/mol. The molecule has 0 radical (unpaired) electrons. The molecule has 1 aliphatic rings. The van der Waals surface area contributed by atoms with E-state index in [0.29, 0.717) is 9.88 Å². The van der Waals surface area contributed by atoms with Crippen molar-refractivity contribution in [3.05, 3.63) is 11.1 Å². The summed E-state index contributed by atoms with van der Waals surface area (Å²) in [6.45, 7) is 8.13. The Hall–Kier alpha value is -0.260. The summed E-state index contributed by atoms with van der Waals surface area (Å²) < 4.78 is 0.402. The first-order valence-electron chi connectivity index (χ1n) is 5.61. The number of hydrogen-bond acceptors (Lipinski definition) is 5. The van der Waals surface area contributed by atoms with Crippen molar-refractivity contribution in [1.29, 1.82) is 0 Å². The summed E-state index contributed by atoms with van der Waals surface area (Å²) in [5.41, 5.74) is 6.76. The molecule has 2 heterocycles. The molecule has 16 heavy (non-hydrogen) atoms. The minimum atomic E-state index is 0.402. The van der Waals surface area contributed by atoms with Crippen LogP contribution in [0.2, 0.25) is 0 Å². The monoisotopic (exact) mass is 257 g/mol. The quantitative estimate of drug-likeness (QED) is 0.900. The van der Waals surface area contributed by atoms with Crippen molar-refractivity contribution in [3.8, 4) is 0 Å². The molecule has 1 aromatic heterocycles. The summed E-state index contributed by atoms with van der Waals surface area (Å²) in [6, 6.07) is 0. The number of thiazole rings is 1. The zero-order valence-electron chi connectivity index (χ0n) is 9.90. The molecular weight excluding hydrogens is 238 g/mol. The Morgan fingerprint density at radius 3 is 3.00 bits per heavy atom. The topological polar surface area (TPSA) is 42.1 Å². The van der Waals surface area contributed by atoms with Crippen LogP contribution in [0.25, 0.3) is 0 Å². The summed E-state index contributed by atoms with van der Waals surface area (Å²) in [4.78, 5) is 6.83. The van der Waals surface area contributed by atoms with E-state index >= 15 is 0 Å². The van der Waals surface area contributed by atoms with Gasteiger partial charge in [0.2, 0.25) is 0 Å². The molecule has 0 unspecified atom stereocenters. The molecule has 1 aromatic rings. The van der Waals surface area contributed by atoms with Gasteiger partial charge in [-0.15, -0.1) is 11.3 Å². The smallest absolute Gasteiger partial charge is 0.180 e. The second-order valence-corrected chi connectivity index (χ2v) is 7.50. The van der Waals surface area contributed by atoms with Gasteiger partial charge >= 0.3 is 0 Å². The molecule has 0 aromatic carbocycles. The lowest BCUT2D eigenvalue weighted by molar-refractivity contribution is 0.263. The van der Waals surface area contributed by atoms with E-state index in [0.717, 1.165) is 18.7 Å². The molecule has 0 amide bonds. The van der Waals surface area contributed by atoms with Crippen LogP contribution in [0.3, 0.4) is 0 Å². The zero-order chi connectivity index (χ0) is 11.6. The van der Waals surface area contributed by atoms with E-state index < -0.39 is 0 Å². The number of anilines is 1. The van der Waals surface area contributed by atoms with Gasteiger partial charge in [-0.1, -0.05) is 0 Å². The average molecular weight is 257 g/mol. The SMILES string of the molecule is CC1(C)CN(CCc2csc(N)n2)CCS1. The molecule has 0 bridgehead atoms. The Morgan fingerprint density at radius 1 is 1.56 bits per heavy atom. The van der Waals surface area contributed by atoms with Crippen molar-refractivity contribution in [3.63, 3.8) is 0 Å². The molecule has 0 spiro atoms. The van der Waals surface area contributed by atoms with Crippen LogP contribution in [-0.4, -0.2) is 40.0 Å². The second kappa shape index (κ2) is 4.94. The van der Waals surface area contributed by atoms with Crippen LogP contribution in [0, 0.1) is 0 Å². The molecule has 0 atom stereocenters. The maximum atomic E-state index is 5.62. The van der Waals surface area contributed by atoms with Crippen LogP contribution in [0.1, 0.15) is 19.5 Å². The molecule has 0 aliphatic carbocycles. The summed E-state index contributed by atoms with van der Waals surface area (Å²) in [7, 11) is 0. The molecule has 1 aliphatic heterocycles. The minimum absolute atomic E-state index is 0.402. The highest BCUT2D eigenvalue weighted by atomic mass is 32.2. The molecule has 0 saturated carbocycles. The normalized spacial score (nSPS) is 21.1. The fourth-order valence-electron chi connectivity index (χ4n) is 2.02. The number of nitrogen functional groups attached to an aromatic ring is 1. The number of aromatic nitrogens is 1. The predicted octanol–water partition coefficient (Wildman–Crippen LogP) is 2.10. The van der Waals surface area contributed by atoms with Gasteiger partial charge in [-0.2, -0.15) is 11.8 Å². The van der Waals surface area contributed by atoms with Crippen LogP contribution < -0.4 is 5.73 Å². The number of hydrogen-bond donors (Lipinski definition) is 1. The first kappa shape index (κ1) is 12.2. The first-order valence-corrected chi connectivity index (χ1v) is 7.48. The molecule has 5 heteroatoms. The number of thioether (sulfide) groups is 1. The van der Waals surface area contributed by atoms with Gasteiger partial charge in [0.15, 0.2) is 5.13 Å². The van der Waals surface area contributed by atoms with Crippen molar-refractivity contribution in [2.24, 2.45) is 0 Å². The van der Waals surface area contributed by atoms with Crippen molar-refractivity contribution in [2.75, 3.05) is 31.1 Å².